The van der Waals surface area contributed by atoms with Gasteiger partial charge >= 0.3 is 0 Å². The summed E-state index contributed by atoms with van der Waals surface area (Å²) >= 11 is 1.09. The predicted molar refractivity (Wildman–Crippen MR) is 121 cm³/mol. The maximum Gasteiger partial charge on any atom is 0.209 e. The molecule has 4 aromatic rings. The number of nitrogens with one attached hydrogen (secondary N) is 1. The van der Waals surface area contributed by atoms with Gasteiger partial charge in [-0.2, -0.15) is 0 Å². The largest absolute Gasteiger partial charge is 0.494 e. The molecule has 0 spiro atoms. The third-order valence-electron chi connectivity index (χ3n) is 4.99. The van der Waals surface area contributed by atoms with Crippen molar-refractivity contribution in [2.24, 2.45) is 0 Å². The average Bonchev–Trinajstić information content (AvgIpc) is 3.20. The Balaban J connectivity index is 1.73. The lowest BCUT2D eigenvalue weighted by molar-refractivity contribution is 0.103. The third-order valence-corrected chi connectivity index (χ3v) is 6.07. The number of nitrogens with two attached hydrogens (primary N) is 1. The summed E-state index contributed by atoms with van der Waals surface area (Å²) in [4.78, 5) is 17.5. The Hall–Kier alpha value is -3.72. The Kier molecular flexibility index (Phi) is 5.67. The maximum absolute atomic E-state index is 14.8. The molecule has 3 N–H and O–H groups in total. The van der Waals surface area contributed by atoms with Crippen LogP contribution in [0.4, 0.5) is 26.0 Å². The van der Waals surface area contributed by atoms with Gasteiger partial charge < -0.3 is 20.5 Å². The lowest BCUT2D eigenvalue weighted by Crippen LogP contribution is -2.09. The fourth-order valence-corrected chi connectivity index (χ4v) is 4.28. The molecule has 0 saturated carbocycles. The second kappa shape index (κ2) is 8.43. The zero-order chi connectivity index (χ0) is 23.0. The molecule has 32 heavy (non-hydrogen) atoms. The second-order valence-corrected chi connectivity index (χ2v) is 8.08. The van der Waals surface area contributed by atoms with E-state index in [1.165, 1.54) is 14.2 Å². The van der Waals surface area contributed by atoms with Gasteiger partial charge in [-0.25, -0.2) is 13.8 Å². The number of aryl methyl sites for hydroxylation is 1. The van der Waals surface area contributed by atoms with Crippen molar-refractivity contribution in [2.45, 2.75) is 6.92 Å². The van der Waals surface area contributed by atoms with Crippen LogP contribution < -0.4 is 20.5 Å². The molecule has 0 fully saturated rings. The van der Waals surface area contributed by atoms with E-state index in [0.29, 0.717) is 21.6 Å². The summed E-state index contributed by atoms with van der Waals surface area (Å²) < 4.78 is 40.0. The summed E-state index contributed by atoms with van der Waals surface area (Å²) in [6.45, 7) is 1.92. The van der Waals surface area contributed by atoms with Crippen molar-refractivity contribution in [3.05, 3.63) is 70.2 Å². The van der Waals surface area contributed by atoms with Crippen molar-refractivity contribution in [1.29, 1.82) is 0 Å². The summed E-state index contributed by atoms with van der Waals surface area (Å²) in [6.07, 6.45) is 1.59. The highest BCUT2D eigenvalue weighted by molar-refractivity contribution is 7.21. The molecule has 2 heterocycles. The molecule has 0 atom stereocenters. The van der Waals surface area contributed by atoms with Crippen molar-refractivity contribution in [3.63, 3.8) is 0 Å². The van der Waals surface area contributed by atoms with Gasteiger partial charge in [-0.1, -0.05) is 12.1 Å². The first kappa shape index (κ1) is 21.5. The van der Waals surface area contributed by atoms with E-state index in [9.17, 15) is 13.6 Å². The highest BCUT2D eigenvalue weighted by Gasteiger charge is 2.27. The van der Waals surface area contributed by atoms with Gasteiger partial charge in [-0.05, 0) is 36.1 Å². The van der Waals surface area contributed by atoms with Crippen LogP contribution in [0.3, 0.4) is 0 Å². The smallest absolute Gasteiger partial charge is 0.209 e. The van der Waals surface area contributed by atoms with Crippen LogP contribution in [0.25, 0.3) is 10.1 Å². The molecule has 2 aromatic heterocycles. The summed E-state index contributed by atoms with van der Waals surface area (Å²) in [5.41, 5.74) is 7.57. The first-order valence-electron chi connectivity index (χ1n) is 9.50. The average molecular weight is 455 g/mol. The zero-order valence-electron chi connectivity index (χ0n) is 17.5. The molecule has 0 amide bonds. The molecule has 0 saturated heterocycles. The van der Waals surface area contributed by atoms with E-state index in [2.05, 4.69) is 10.3 Å². The van der Waals surface area contributed by atoms with Crippen LogP contribution in [0.15, 0.2) is 42.6 Å². The van der Waals surface area contributed by atoms with Crippen LogP contribution in [0.1, 0.15) is 20.8 Å². The number of pyridine rings is 1. The van der Waals surface area contributed by atoms with E-state index in [1.807, 2.05) is 19.1 Å². The lowest BCUT2D eigenvalue weighted by atomic mass is 10.1. The molecule has 6 nitrogen and oxygen atoms in total. The Morgan fingerprint density at radius 2 is 1.78 bits per heavy atom. The summed E-state index contributed by atoms with van der Waals surface area (Å²) in [5.74, 6) is -3.01. The van der Waals surface area contributed by atoms with Crippen LogP contribution in [0.5, 0.6) is 11.5 Å². The normalized spacial score (nSPS) is 10.9. The monoisotopic (exact) mass is 455 g/mol. The van der Waals surface area contributed by atoms with E-state index in [-0.39, 0.29) is 16.4 Å². The number of fused-ring (bicyclic) bond motifs is 1. The molecule has 4 rings (SSSR count). The highest BCUT2D eigenvalue weighted by atomic mass is 32.1. The van der Waals surface area contributed by atoms with Crippen LogP contribution in [0, 0.1) is 18.6 Å². The number of rotatable bonds is 6. The summed E-state index contributed by atoms with van der Waals surface area (Å²) in [5, 5.41) is 3.87. The van der Waals surface area contributed by atoms with Crippen LogP contribution in [-0.2, 0) is 0 Å². The Labute approximate surface area is 186 Å². The van der Waals surface area contributed by atoms with Crippen molar-refractivity contribution < 1.29 is 23.0 Å². The minimum Gasteiger partial charge on any atom is -0.494 e. The molecule has 0 aliphatic carbocycles. The summed E-state index contributed by atoms with van der Waals surface area (Å²) in [6, 6.07) is 9.93. The molecular formula is C23H19F2N3O3S. The van der Waals surface area contributed by atoms with Crippen molar-refractivity contribution in [1.82, 2.24) is 4.98 Å². The molecule has 0 unspecified atom stereocenters. The number of carbonyl (C=O) groups excluding carboxylic acids is 1. The number of nitrogens with zero attached hydrogens (tertiary/aromatic N) is 1. The SMILES string of the molecule is COc1cc(OC)c(F)c(C(=O)c2cc3cc(Nc4c(C)cccc4N)ncc3s2)c1F. The highest BCUT2D eigenvalue weighted by Crippen LogP contribution is 2.36. The number of para-hydroxylation sites is 1. The van der Waals surface area contributed by atoms with E-state index >= 15 is 0 Å². The van der Waals surface area contributed by atoms with Gasteiger partial charge in [0.1, 0.15) is 11.4 Å². The molecule has 9 heteroatoms. The van der Waals surface area contributed by atoms with Crippen molar-refractivity contribution in [3.8, 4) is 11.5 Å². The number of anilines is 3. The van der Waals surface area contributed by atoms with Gasteiger partial charge in [-0.3, -0.25) is 4.79 Å². The minimum atomic E-state index is -1.08. The second-order valence-electron chi connectivity index (χ2n) is 7.00. The number of nitrogen functional groups attached to an aromatic ring is 1. The Bertz CT molecular complexity index is 1310. The minimum absolute atomic E-state index is 0.155. The predicted octanol–water partition coefficient (Wildman–Crippen LogP) is 5.46. The van der Waals surface area contributed by atoms with Gasteiger partial charge in [0.2, 0.25) is 5.78 Å². The molecule has 0 aliphatic rings. The van der Waals surface area contributed by atoms with E-state index < -0.39 is 23.0 Å². The number of methoxy groups -OCH3 is 2. The van der Waals surface area contributed by atoms with Crippen LogP contribution in [-0.4, -0.2) is 25.0 Å². The summed E-state index contributed by atoms with van der Waals surface area (Å²) in [7, 11) is 2.45. The fraction of sp³-hybridized carbons (Fsp3) is 0.130. The van der Waals surface area contributed by atoms with Gasteiger partial charge in [0.05, 0.1) is 35.2 Å². The van der Waals surface area contributed by atoms with Gasteiger partial charge in [-0.15, -0.1) is 11.3 Å². The molecular weight excluding hydrogens is 436 g/mol. The molecule has 0 aliphatic heterocycles. The first-order valence-corrected chi connectivity index (χ1v) is 10.3. The number of ketones is 1. The number of hydrogen-bond acceptors (Lipinski definition) is 7. The number of benzene rings is 2. The molecule has 164 valence electrons. The fourth-order valence-electron chi connectivity index (χ4n) is 3.32. The van der Waals surface area contributed by atoms with Crippen molar-refractivity contribution in [2.75, 3.05) is 25.3 Å². The third kappa shape index (κ3) is 3.71. The zero-order valence-corrected chi connectivity index (χ0v) is 18.3. The quantitative estimate of drug-likeness (QED) is 0.297. The standard InChI is InChI=1S/C23H19F2N3O3S/c1-11-5-4-6-13(26)22(11)28-18-8-12-7-16(32-17(12)10-27-18)23(29)19-20(24)14(30-2)9-15(31-3)21(19)25/h4-10H,26H2,1-3H3,(H,27,28). The van der Waals surface area contributed by atoms with Gasteiger partial charge in [0.25, 0.3) is 0 Å². The van der Waals surface area contributed by atoms with E-state index in [0.717, 1.165) is 28.7 Å². The number of hydrogen-bond donors (Lipinski definition) is 2. The van der Waals surface area contributed by atoms with Crippen LogP contribution in [0.2, 0.25) is 0 Å². The van der Waals surface area contributed by atoms with Crippen LogP contribution >= 0.6 is 11.3 Å². The number of ether oxygens (including phenoxy) is 2. The van der Waals surface area contributed by atoms with E-state index in [4.69, 9.17) is 15.2 Å². The number of aromatic nitrogens is 1. The van der Waals surface area contributed by atoms with Crippen molar-refractivity contribution >= 4 is 44.4 Å². The van der Waals surface area contributed by atoms with Gasteiger partial charge in [0.15, 0.2) is 23.1 Å². The lowest BCUT2D eigenvalue weighted by Gasteiger charge is -2.11. The number of carbonyl (C=O) groups is 1. The Morgan fingerprint density at radius 1 is 1.09 bits per heavy atom. The topological polar surface area (TPSA) is 86.5 Å². The molecule has 0 bridgehead atoms. The first-order chi connectivity index (χ1) is 15.3. The molecule has 2 aromatic carbocycles. The Morgan fingerprint density at radius 3 is 2.41 bits per heavy atom. The van der Waals surface area contributed by atoms with E-state index in [1.54, 1.807) is 24.4 Å². The number of thiophene rings is 1. The number of halogens is 2. The maximum atomic E-state index is 14.8. The molecule has 0 radical (unpaired) electrons. The van der Waals surface area contributed by atoms with Gasteiger partial charge in [0, 0.05) is 12.3 Å².